The van der Waals surface area contributed by atoms with Gasteiger partial charge in [0.05, 0.1) is 23.1 Å². The van der Waals surface area contributed by atoms with Gasteiger partial charge in [-0.15, -0.1) is 0 Å². The van der Waals surface area contributed by atoms with Crippen LogP contribution in [0.3, 0.4) is 0 Å². The first-order chi connectivity index (χ1) is 12.1. The molecule has 1 aliphatic heterocycles. The van der Waals surface area contributed by atoms with Crippen LogP contribution < -0.4 is 40.2 Å². The van der Waals surface area contributed by atoms with Crippen molar-refractivity contribution in [2.75, 3.05) is 0 Å². The van der Waals surface area contributed by atoms with Gasteiger partial charge in [-0.3, -0.25) is 9.36 Å². The van der Waals surface area contributed by atoms with Crippen molar-refractivity contribution in [3.63, 3.8) is 0 Å². The average Bonchev–Trinajstić information content (AvgIpc) is 3.25. The molecule has 1 aromatic heterocycles. The van der Waals surface area contributed by atoms with Crippen LogP contribution in [0.5, 0.6) is 0 Å². The van der Waals surface area contributed by atoms with Crippen LogP contribution in [-0.2, 0) is 11.2 Å². The number of carboxylic acid groups (broad SMARTS) is 1. The zero-order valence-electron chi connectivity index (χ0n) is 14.4. The first-order valence-corrected chi connectivity index (χ1v) is 8.42. The number of nitrogens with zero attached hydrogens (tertiary/aromatic N) is 2. The molecule has 6 heteroatoms. The fourth-order valence-corrected chi connectivity index (χ4v) is 4.04. The molecule has 2 unspecified atom stereocenters. The van der Waals surface area contributed by atoms with Crippen LogP contribution in [0.4, 0.5) is 0 Å². The second-order valence-corrected chi connectivity index (χ2v) is 6.93. The molecule has 0 amide bonds. The van der Waals surface area contributed by atoms with Gasteiger partial charge in [-0.05, 0) is 42.6 Å². The van der Waals surface area contributed by atoms with E-state index in [9.17, 15) is 14.7 Å². The van der Waals surface area contributed by atoms with E-state index in [2.05, 4.69) is 6.08 Å². The van der Waals surface area contributed by atoms with Crippen molar-refractivity contribution < 1.29 is 39.5 Å². The molecule has 2 aliphatic carbocycles. The SMILES string of the molecule is O=C([O-])C12C=Cc3nc4c(c(=O)n3C1C2)CCC4=Cc1ccccc1.[Na+]. The van der Waals surface area contributed by atoms with Crippen molar-refractivity contribution in [2.24, 2.45) is 5.41 Å². The Balaban J connectivity index is 0.00000168. The molecule has 0 radical (unpaired) electrons. The van der Waals surface area contributed by atoms with Gasteiger partial charge in [0, 0.05) is 5.56 Å². The van der Waals surface area contributed by atoms with Gasteiger partial charge < -0.3 is 9.90 Å². The molecular formula is C20H15N2NaO3. The van der Waals surface area contributed by atoms with E-state index in [4.69, 9.17) is 4.98 Å². The summed E-state index contributed by atoms with van der Waals surface area (Å²) in [6, 6.07) is 9.61. The summed E-state index contributed by atoms with van der Waals surface area (Å²) in [7, 11) is 0. The van der Waals surface area contributed by atoms with Crippen LogP contribution in [0.2, 0.25) is 0 Å². The number of rotatable bonds is 2. The van der Waals surface area contributed by atoms with Gasteiger partial charge in [-0.2, -0.15) is 0 Å². The minimum absolute atomic E-state index is 0. The second kappa shape index (κ2) is 6.05. The molecule has 0 N–H and O–H groups in total. The maximum Gasteiger partial charge on any atom is 1.00 e. The van der Waals surface area contributed by atoms with Crippen molar-refractivity contribution in [1.82, 2.24) is 9.55 Å². The molecule has 0 spiro atoms. The van der Waals surface area contributed by atoms with Crippen LogP contribution >= 0.6 is 0 Å². The Bertz CT molecular complexity index is 1040. The monoisotopic (exact) mass is 354 g/mol. The maximum absolute atomic E-state index is 13.0. The molecule has 2 atom stereocenters. The van der Waals surface area contributed by atoms with E-state index in [1.165, 1.54) is 0 Å². The summed E-state index contributed by atoms with van der Waals surface area (Å²) in [5.41, 5.74) is 2.47. The molecule has 5 rings (SSSR count). The summed E-state index contributed by atoms with van der Waals surface area (Å²) >= 11 is 0. The summed E-state index contributed by atoms with van der Waals surface area (Å²) in [5, 5.41) is 11.4. The largest absolute Gasteiger partial charge is 1.00 e. The molecule has 2 aromatic rings. The van der Waals surface area contributed by atoms with Crippen LogP contribution in [0.25, 0.3) is 17.7 Å². The molecular weight excluding hydrogens is 339 g/mol. The zero-order valence-corrected chi connectivity index (χ0v) is 16.4. The average molecular weight is 354 g/mol. The summed E-state index contributed by atoms with van der Waals surface area (Å²) in [4.78, 5) is 29.1. The normalized spacial score (nSPS) is 25.8. The Hall–Kier alpha value is -1.95. The second-order valence-electron chi connectivity index (χ2n) is 6.93. The number of aliphatic carboxylic acids is 1. The van der Waals surface area contributed by atoms with Crippen LogP contribution in [0.1, 0.15) is 41.5 Å². The standard InChI is InChI=1S/C20H16N2O3.Na/c23-18-14-7-6-13(10-12-4-2-1-3-5-12)17(14)21-16-8-9-20(19(24)25)11-15(20)22(16)18;/h1-5,8-10,15H,6-7,11H2,(H,24,25);/q;+1/p-1. The van der Waals surface area contributed by atoms with Gasteiger partial charge in [-0.1, -0.05) is 36.4 Å². The maximum atomic E-state index is 13.0. The Kier molecular flexibility index (Phi) is 4.06. The van der Waals surface area contributed by atoms with Crippen molar-refractivity contribution in [3.8, 4) is 0 Å². The number of fused-ring (bicyclic) bond motifs is 4. The van der Waals surface area contributed by atoms with Crippen molar-refractivity contribution in [1.29, 1.82) is 0 Å². The molecule has 0 bridgehead atoms. The summed E-state index contributed by atoms with van der Waals surface area (Å²) in [6.45, 7) is 0. The van der Waals surface area contributed by atoms with Gasteiger partial charge >= 0.3 is 29.6 Å². The van der Waals surface area contributed by atoms with Crippen LogP contribution in [0, 0.1) is 5.41 Å². The van der Waals surface area contributed by atoms with Gasteiger partial charge in [0.25, 0.3) is 5.56 Å². The van der Waals surface area contributed by atoms with Gasteiger partial charge in [0.2, 0.25) is 0 Å². The van der Waals surface area contributed by atoms with Gasteiger partial charge in [0.1, 0.15) is 5.82 Å². The van der Waals surface area contributed by atoms with E-state index in [1.54, 1.807) is 16.7 Å². The van der Waals surface area contributed by atoms with E-state index in [0.29, 0.717) is 24.2 Å². The Labute approximate surface area is 172 Å². The smallest absolute Gasteiger partial charge is 0.549 e. The Morgan fingerprint density at radius 1 is 1.27 bits per heavy atom. The first-order valence-electron chi connectivity index (χ1n) is 8.42. The van der Waals surface area contributed by atoms with Crippen LogP contribution in [-0.4, -0.2) is 15.5 Å². The van der Waals surface area contributed by atoms with E-state index in [1.807, 2.05) is 30.3 Å². The van der Waals surface area contributed by atoms with Gasteiger partial charge in [0.15, 0.2) is 0 Å². The van der Waals surface area contributed by atoms with E-state index < -0.39 is 11.4 Å². The molecule has 26 heavy (non-hydrogen) atoms. The summed E-state index contributed by atoms with van der Waals surface area (Å²) < 4.78 is 1.56. The number of hydrogen-bond donors (Lipinski definition) is 0. The zero-order chi connectivity index (χ0) is 17.2. The third-order valence-electron chi connectivity index (χ3n) is 5.51. The van der Waals surface area contributed by atoms with E-state index >= 15 is 0 Å². The summed E-state index contributed by atoms with van der Waals surface area (Å²) in [5.74, 6) is -0.569. The molecule has 1 saturated carbocycles. The number of hydrogen-bond acceptors (Lipinski definition) is 4. The van der Waals surface area contributed by atoms with Crippen molar-refractivity contribution >= 4 is 23.7 Å². The number of allylic oxidation sites excluding steroid dienone is 1. The number of carbonyl (C=O) groups is 1. The molecule has 0 saturated heterocycles. The quantitative estimate of drug-likeness (QED) is 0.612. The van der Waals surface area contributed by atoms with E-state index in [0.717, 1.165) is 23.3 Å². The molecule has 1 aromatic carbocycles. The fraction of sp³-hybridized carbons (Fsp3) is 0.250. The number of benzene rings is 1. The molecule has 1 fully saturated rings. The molecule has 124 valence electrons. The molecule has 2 heterocycles. The van der Waals surface area contributed by atoms with Gasteiger partial charge in [-0.25, -0.2) is 4.98 Å². The third-order valence-corrected chi connectivity index (χ3v) is 5.51. The number of carboxylic acids is 1. The van der Waals surface area contributed by atoms with Crippen LogP contribution in [0.15, 0.2) is 41.2 Å². The van der Waals surface area contributed by atoms with E-state index in [-0.39, 0.29) is 41.2 Å². The minimum atomic E-state index is -1.11. The minimum Gasteiger partial charge on any atom is -0.549 e. The summed E-state index contributed by atoms with van der Waals surface area (Å²) in [6.07, 6.45) is 7.19. The first kappa shape index (κ1) is 17.5. The Morgan fingerprint density at radius 2 is 2.04 bits per heavy atom. The predicted octanol–water partition coefficient (Wildman–Crippen LogP) is -1.56. The van der Waals surface area contributed by atoms with Crippen molar-refractivity contribution in [3.05, 3.63) is 69.4 Å². The topological polar surface area (TPSA) is 75.0 Å². The molecule has 5 nitrogen and oxygen atoms in total. The number of carbonyl (C=O) groups excluding carboxylic acids is 1. The van der Waals surface area contributed by atoms with Crippen molar-refractivity contribution in [2.45, 2.75) is 25.3 Å². The third kappa shape index (κ3) is 2.38. The Morgan fingerprint density at radius 3 is 2.77 bits per heavy atom. The predicted molar refractivity (Wildman–Crippen MR) is 91.3 cm³/mol. The number of aromatic nitrogens is 2. The molecule has 3 aliphatic rings. The fourth-order valence-electron chi connectivity index (χ4n) is 4.04.